The van der Waals surface area contributed by atoms with Crippen molar-refractivity contribution >= 4 is 0 Å². The van der Waals surface area contributed by atoms with Crippen LogP contribution in [0, 0.1) is 0 Å². The normalized spacial score (nSPS) is 30.7. The van der Waals surface area contributed by atoms with Crippen molar-refractivity contribution in [3.63, 3.8) is 0 Å². The van der Waals surface area contributed by atoms with E-state index in [-0.39, 0.29) is 5.56 Å². The van der Waals surface area contributed by atoms with E-state index in [2.05, 4.69) is 0 Å². The van der Waals surface area contributed by atoms with Gasteiger partial charge in [-0.05, 0) is 0 Å². The molecule has 9 nitrogen and oxygen atoms in total. The molecule has 4 atom stereocenters. The molecule has 0 saturated carbocycles. The van der Waals surface area contributed by atoms with Gasteiger partial charge < -0.3 is 25.2 Å². The van der Waals surface area contributed by atoms with E-state index >= 15 is 0 Å². The Morgan fingerprint density at radius 3 is 2.47 bits per heavy atom. The summed E-state index contributed by atoms with van der Waals surface area (Å²) in [7, 11) is 0. The molecule has 0 spiro atoms. The van der Waals surface area contributed by atoms with Crippen LogP contribution in [0.3, 0.4) is 0 Å². The second-order valence-corrected chi connectivity index (χ2v) is 4.21. The van der Waals surface area contributed by atoms with E-state index in [9.17, 15) is 19.8 Å². The Balaban J connectivity index is 2.43. The Hall–Kier alpha value is -1.52. The van der Waals surface area contributed by atoms with Crippen molar-refractivity contribution in [3.8, 4) is 0 Å². The number of aliphatic hydroxyl groups excluding tert-OH is 4. The van der Waals surface area contributed by atoms with E-state index in [4.69, 9.17) is 14.9 Å². The fourth-order valence-electron chi connectivity index (χ4n) is 1.94. The molecular formula is C10H14N2O7. The second-order valence-electron chi connectivity index (χ2n) is 4.21. The fourth-order valence-corrected chi connectivity index (χ4v) is 1.94. The second kappa shape index (κ2) is 5.23. The van der Waals surface area contributed by atoms with Crippen molar-refractivity contribution in [1.29, 1.82) is 0 Å². The SMILES string of the molecule is O=c1[nH]c(=O)n([C@@H]2O[C@H](CO)[C@H](O)C2O)cc1CO. The van der Waals surface area contributed by atoms with Gasteiger partial charge in [0.1, 0.15) is 18.3 Å². The van der Waals surface area contributed by atoms with E-state index < -0.39 is 49.0 Å². The van der Waals surface area contributed by atoms with Crippen LogP contribution in [0.5, 0.6) is 0 Å². The molecule has 2 rings (SSSR count). The number of aliphatic hydroxyl groups is 4. The van der Waals surface area contributed by atoms with Gasteiger partial charge in [-0.1, -0.05) is 0 Å². The summed E-state index contributed by atoms with van der Waals surface area (Å²) in [4.78, 5) is 24.9. The molecule has 0 aromatic carbocycles. The number of ether oxygens (including phenoxy) is 1. The van der Waals surface area contributed by atoms with Gasteiger partial charge in [-0.15, -0.1) is 0 Å². The minimum Gasteiger partial charge on any atom is -0.394 e. The highest BCUT2D eigenvalue weighted by molar-refractivity contribution is 5.04. The molecule has 1 saturated heterocycles. The average Bonchev–Trinajstić information content (AvgIpc) is 2.67. The smallest absolute Gasteiger partial charge is 0.330 e. The van der Waals surface area contributed by atoms with Gasteiger partial charge in [0, 0.05) is 6.20 Å². The lowest BCUT2D eigenvalue weighted by molar-refractivity contribution is -0.0552. The average molecular weight is 274 g/mol. The predicted molar refractivity (Wildman–Crippen MR) is 60.3 cm³/mol. The maximum absolute atomic E-state index is 11.6. The third kappa shape index (κ3) is 2.33. The number of rotatable bonds is 3. The van der Waals surface area contributed by atoms with Crippen molar-refractivity contribution in [3.05, 3.63) is 32.6 Å². The van der Waals surface area contributed by atoms with Crippen molar-refractivity contribution in [1.82, 2.24) is 9.55 Å². The van der Waals surface area contributed by atoms with Gasteiger partial charge in [-0.2, -0.15) is 0 Å². The Morgan fingerprint density at radius 1 is 1.26 bits per heavy atom. The first-order valence-electron chi connectivity index (χ1n) is 5.57. The van der Waals surface area contributed by atoms with Gasteiger partial charge in [-0.3, -0.25) is 14.3 Å². The van der Waals surface area contributed by atoms with Crippen LogP contribution in [-0.2, 0) is 11.3 Å². The summed E-state index contributed by atoms with van der Waals surface area (Å²) < 4.78 is 6.01. The molecule has 106 valence electrons. The van der Waals surface area contributed by atoms with Gasteiger partial charge in [0.15, 0.2) is 6.23 Å². The molecule has 0 bridgehead atoms. The fraction of sp³-hybridized carbons (Fsp3) is 0.600. The molecule has 5 N–H and O–H groups in total. The van der Waals surface area contributed by atoms with E-state index in [1.165, 1.54) is 0 Å². The molecule has 9 heteroatoms. The Bertz CT molecular complexity index is 566. The zero-order valence-electron chi connectivity index (χ0n) is 9.76. The van der Waals surface area contributed by atoms with Crippen LogP contribution in [-0.4, -0.2) is 54.9 Å². The van der Waals surface area contributed by atoms with Gasteiger partial charge >= 0.3 is 5.69 Å². The van der Waals surface area contributed by atoms with Crippen LogP contribution < -0.4 is 11.2 Å². The topological polar surface area (TPSA) is 145 Å². The van der Waals surface area contributed by atoms with Crippen LogP contribution in [0.25, 0.3) is 0 Å². The van der Waals surface area contributed by atoms with Crippen molar-refractivity contribution in [2.45, 2.75) is 31.1 Å². The first-order valence-corrected chi connectivity index (χ1v) is 5.57. The minimum absolute atomic E-state index is 0.0858. The summed E-state index contributed by atoms with van der Waals surface area (Å²) in [5.41, 5.74) is -1.68. The number of H-pyrrole nitrogens is 1. The van der Waals surface area contributed by atoms with E-state index in [0.717, 1.165) is 10.8 Å². The van der Waals surface area contributed by atoms with Gasteiger partial charge in [0.05, 0.1) is 18.8 Å². The highest BCUT2D eigenvalue weighted by Gasteiger charge is 2.43. The lowest BCUT2D eigenvalue weighted by atomic mass is 10.1. The van der Waals surface area contributed by atoms with Crippen LogP contribution in [0.2, 0.25) is 0 Å². The highest BCUT2D eigenvalue weighted by Crippen LogP contribution is 2.27. The molecule has 1 aliphatic heterocycles. The third-order valence-electron chi connectivity index (χ3n) is 3.00. The van der Waals surface area contributed by atoms with Gasteiger partial charge in [0.25, 0.3) is 5.56 Å². The van der Waals surface area contributed by atoms with Gasteiger partial charge in [0.2, 0.25) is 0 Å². The van der Waals surface area contributed by atoms with Gasteiger partial charge in [-0.25, -0.2) is 4.79 Å². The molecule has 1 aromatic rings. The quantitative estimate of drug-likeness (QED) is 0.387. The molecule has 1 aliphatic rings. The summed E-state index contributed by atoms with van der Waals surface area (Å²) in [6.45, 7) is -1.12. The van der Waals surface area contributed by atoms with E-state index in [1.54, 1.807) is 0 Å². The summed E-state index contributed by atoms with van der Waals surface area (Å²) in [5.74, 6) is 0. The summed E-state index contributed by atoms with van der Waals surface area (Å²) in [6, 6.07) is 0. The molecular weight excluding hydrogens is 260 g/mol. The first-order chi connectivity index (χ1) is 8.99. The zero-order chi connectivity index (χ0) is 14.2. The first kappa shape index (κ1) is 13.9. The molecule has 1 fully saturated rings. The number of aromatic nitrogens is 2. The van der Waals surface area contributed by atoms with Crippen LogP contribution in [0.15, 0.2) is 15.8 Å². The molecule has 2 heterocycles. The lowest BCUT2D eigenvalue weighted by Crippen LogP contribution is -2.38. The van der Waals surface area contributed by atoms with Crippen molar-refractivity contribution in [2.24, 2.45) is 0 Å². The number of hydrogen-bond acceptors (Lipinski definition) is 7. The van der Waals surface area contributed by atoms with Crippen LogP contribution in [0.1, 0.15) is 11.8 Å². The van der Waals surface area contributed by atoms with E-state index in [0.29, 0.717) is 0 Å². The molecule has 0 amide bonds. The molecule has 19 heavy (non-hydrogen) atoms. The number of aromatic amines is 1. The maximum atomic E-state index is 11.6. The van der Waals surface area contributed by atoms with Crippen LogP contribution >= 0.6 is 0 Å². The Kier molecular flexibility index (Phi) is 3.83. The van der Waals surface area contributed by atoms with Crippen molar-refractivity contribution < 1.29 is 25.2 Å². The molecule has 1 unspecified atom stereocenters. The summed E-state index contributed by atoms with van der Waals surface area (Å²) >= 11 is 0. The summed E-state index contributed by atoms with van der Waals surface area (Å²) in [6.07, 6.45) is -4.03. The predicted octanol–water partition coefficient (Wildman–Crippen LogP) is -3.36. The molecule has 0 aliphatic carbocycles. The molecule has 1 aromatic heterocycles. The minimum atomic E-state index is -1.44. The monoisotopic (exact) mass is 274 g/mol. The third-order valence-corrected chi connectivity index (χ3v) is 3.00. The number of nitrogens with one attached hydrogen (secondary N) is 1. The lowest BCUT2D eigenvalue weighted by Gasteiger charge is -2.17. The van der Waals surface area contributed by atoms with Crippen LogP contribution in [0.4, 0.5) is 0 Å². The number of nitrogens with zero attached hydrogens (tertiary/aromatic N) is 1. The summed E-state index contributed by atoms with van der Waals surface area (Å²) in [5, 5.41) is 37.3. The largest absolute Gasteiger partial charge is 0.394 e. The maximum Gasteiger partial charge on any atom is 0.330 e. The number of hydrogen-bond donors (Lipinski definition) is 5. The zero-order valence-corrected chi connectivity index (χ0v) is 9.76. The van der Waals surface area contributed by atoms with Crippen molar-refractivity contribution in [2.75, 3.05) is 6.61 Å². The highest BCUT2D eigenvalue weighted by atomic mass is 16.6. The molecule has 0 radical (unpaired) electrons. The Morgan fingerprint density at radius 2 is 1.95 bits per heavy atom. The Labute approximate surface area is 106 Å². The van der Waals surface area contributed by atoms with E-state index in [1.807, 2.05) is 4.98 Å². The standard InChI is InChI=1S/C10H14N2O7/c13-2-4-1-12(10(18)11-8(4)17)9-7(16)6(15)5(3-14)19-9/h1,5-7,9,13-16H,2-3H2,(H,11,17,18)/t5-,6+,7?,9-/m1/s1.